The fourth-order valence-electron chi connectivity index (χ4n) is 2.66. The first-order valence-electron chi connectivity index (χ1n) is 7.39. The number of rotatable bonds is 7. The molecule has 0 saturated carbocycles. The van der Waals surface area contributed by atoms with Crippen LogP contribution in [0, 0.1) is 5.92 Å². The van der Waals surface area contributed by atoms with Crippen LogP contribution in [0.1, 0.15) is 40.0 Å². The summed E-state index contributed by atoms with van der Waals surface area (Å²) < 4.78 is 0. The van der Waals surface area contributed by atoms with E-state index in [4.69, 9.17) is 0 Å². The molecule has 0 bridgehead atoms. The van der Waals surface area contributed by atoms with Gasteiger partial charge in [-0.1, -0.05) is 13.8 Å². The molecule has 2 unspecified atom stereocenters. The van der Waals surface area contributed by atoms with Gasteiger partial charge in [-0.15, -0.1) is 0 Å². The van der Waals surface area contributed by atoms with E-state index in [1.807, 2.05) is 0 Å². The van der Waals surface area contributed by atoms with E-state index in [0.717, 1.165) is 32.6 Å². The fraction of sp³-hybridized carbons (Fsp3) is 0.929. The summed E-state index contributed by atoms with van der Waals surface area (Å²) in [5.74, 6) is 0.853. The van der Waals surface area contributed by atoms with Crippen molar-refractivity contribution in [2.45, 2.75) is 46.1 Å². The van der Waals surface area contributed by atoms with Crippen molar-refractivity contribution < 1.29 is 4.79 Å². The Morgan fingerprint density at radius 3 is 2.89 bits per heavy atom. The first-order chi connectivity index (χ1) is 8.67. The van der Waals surface area contributed by atoms with Gasteiger partial charge in [0, 0.05) is 19.1 Å². The lowest BCUT2D eigenvalue weighted by molar-refractivity contribution is -0.122. The molecular weight excluding hydrogens is 226 g/mol. The Balaban J connectivity index is 2.32. The number of likely N-dealkylation sites (tertiary alicyclic amines) is 1. The van der Waals surface area contributed by atoms with Crippen LogP contribution in [0.4, 0.5) is 0 Å². The monoisotopic (exact) mass is 255 g/mol. The van der Waals surface area contributed by atoms with Gasteiger partial charge in [-0.2, -0.15) is 0 Å². The van der Waals surface area contributed by atoms with E-state index in [9.17, 15) is 4.79 Å². The minimum atomic E-state index is 0.175. The third kappa shape index (κ3) is 5.36. The second kappa shape index (κ2) is 8.48. The van der Waals surface area contributed by atoms with Gasteiger partial charge in [0.2, 0.25) is 5.91 Å². The summed E-state index contributed by atoms with van der Waals surface area (Å²) in [5, 5.41) is 6.45. The van der Waals surface area contributed by atoms with Gasteiger partial charge in [0.25, 0.3) is 0 Å². The number of hydrogen-bond acceptors (Lipinski definition) is 3. The molecule has 1 amide bonds. The average molecular weight is 255 g/mol. The van der Waals surface area contributed by atoms with Crippen molar-refractivity contribution in [1.29, 1.82) is 0 Å². The summed E-state index contributed by atoms with van der Waals surface area (Å²) >= 11 is 0. The minimum Gasteiger partial charge on any atom is -0.355 e. The largest absolute Gasteiger partial charge is 0.355 e. The molecule has 1 fully saturated rings. The molecule has 0 radical (unpaired) electrons. The van der Waals surface area contributed by atoms with E-state index in [1.54, 1.807) is 0 Å². The van der Waals surface area contributed by atoms with E-state index in [0.29, 0.717) is 18.5 Å². The zero-order chi connectivity index (χ0) is 13.4. The average Bonchev–Trinajstić information content (AvgIpc) is 2.37. The molecule has 1 aliphatic rings. The van der Waals surface area contributed by atoms with Gasteiger partial charge < -0.3 is 10.6 Å². The molecule has 0 aromatic carbocycles. The van der Waals surface area contributed by atoms with Crippen molar-refractivity contribution in [1.82, 2.24) is 15.5 Å². The molecule has 1 aliphatic heterocycles. The summed E-state index contributed by atoms with van der Waals surface area (Å²) in [4.78, 5) is 14.0. The summed E-state index contributed by atoms with van der Waals surface area (Å²) in [5.41, 5.74) is 0. The van der Waals surface area contributed by atoms with Crippen LogP contribution in [0.3, 0.4) is 0 Å². The highest BCUT2D eigenvalue weighted by Gasteiger charge is 2.24. The molecule has 1 rings (SSSR count). The summed E-state index contributed by atoms with van der Waals surface area (Å²) in [6.45, 7) is 11.0. The summed E-state index contributed by atoms with van der Waals surface area (Å²) in [7, 11) is 0. The van der Waals surface area contributed by atoms with E-state index >= 15 is 0 Å². The number of nitrogens with one attached hydrogen (secondary N) is 2. The SMILES string of the molecule is CCCNC(=O)CN1CCCC(C(C)NCC)C1. The van der Waals surface area contributed by atoms with Crippen LogP contribution in [-0.4, -0.2) is 49.6 Å². The van der Waals surface area contributed by atoms with E-state index in [-0.39, 0.29) is 5.91 Å². The molecule has 1 saturated heterocycles. The predicted molar refractivity (Wildman–Crippen MR) is 75.6 cm³/mol. The highest BCUT2D eigenvalue weighted by molar-refractivity contribution is 5.77. The lowest BCUT2D eigenvalue weighted by Gasteiger charge is -2.35. The van der Waals surface area contributed by atoms with Crippen LogP contribution < -0.4 is 10.6 Å². The van der Waals surface area contributed by atoms with Crippen LogP contribution in [0.15, 0.2) is 0 Å². The van der Waals surface area contributed by atoms with Crippen molar-refractivity contribution in [2.75, 3.05) is 32.7 Å². The van der Waals surface area contributed by atoms with Crippen molar-refractivity contribution in [3.05, 3.63) is 0 Å². The molecule has 4 nitrogen and oxygen atoms in total. The van der Waals surface area contributed by atoms with Crippen molar-refractivity contribution in [2.24, 2.45) is 5.92 Å². The molecule has 4 heteroatoms. The number of carbonyl (C=O) groups is 1. The molecule has 0 spiro atoms. The highest BCUT2D eigenvalue weighted by Crippen LogP contribution is 2.19. The second-order valence-corrected chi connectivity index (χ2v) is 5.33. The van der Waals surface area contributed by atoms with Gasteiger partial charge in [-0.25, -0.2) is 0 Å². The number of piperidine rings is 1. The molecule has 0 aromatic heterocycles. The number of hydrogen-bond donors (Lipinski definition) is 2. The van der Waals surface area contributed by atoms with Crippen LogP contribution in [0.5, 0.6) is 0 Å². The standard InChI is InChI=1S/C14H29N3O/c1-4-8-16-14(18)11-17-9-6-7-13(10-17)12(3)15-5-2/h12-13,15H,4-11H2,1-3H3,(H,16,18). The molecule has 18 heavy (non-hydrogen) atoms. The third-order valence-electron chi connectivity index (χ3n) is 3.71. The molecular formula is C14H29N3O. The smallest absolute Gasteiger partial charge is 0.234 e. The van der Waals surface area contributed by atoms with E-state index in [2.05, 4.69) is 36.3 Å². The summed E-state index contributed by atoms with van der Waals surface area (Å²) in [6, 6.07) is 0.552. The quantitative estimate of drug-likeness (QED) is 0.719. The predicted octanol–water partition coefficient (Wildman–Crippen LogP) is 1.22. The number of nitrogens with zero attached hydrogens (tertiary/aromatic N) is 1. The van der Waals surface area contributed by atoms with Crippen LogP contribution >= 0.6 is 0 Å². The van der Waals surface area contributed by atoms with Crippen LogP contribution in [-0.2, 0) is 4.79 Å². The molecule has 2 atom stereocenters. The Morgan fingerprint density at radius 1 is 1.44 bits per heavy atom. The maximum absolute atomic E-state index is 11.7. The lowest BCUT2D eigenvalue weighted by atomic mass is 9.91. The van der Waals surface area contributed by atoms with Gasteiger partial charge in [-0.3, -0.25) is 9.69 Å². The Bertz CT molecular complexity index is 245. The first-order valence-corrected chi connectivity index (χ1v) is 7.39. The zero-order valence-electron chi connectivity index (χ0n) is 12.2. The third-order valence-corrected chi connectivity index (χ3v) is 3.71. The fourth-order valence-corrected chi connectivity index (χ4v) is 2.66. The van der Waals surface area contributed by atoms with Crippen LogP contribution in [0.2, 0.25) is 0 Å². The van der Waals surface area contributed by atoms with Crippen molar-refractivity contribution in [3.8, 4) is 0 Å². The van der Waals surface area contributed by atoms with Gasteiger partial charge in [0.15, 0.2) is 0 Å². The Morgan fingerprint density at radius 2 is 2.22 bits per heavy atom. The second-order valence-electron chi connectivity index (χ2n) is 5.33. The minimum absolute atomic E-state index is 0.175. The van der Waals surface area contributed by atoms with Gasteiger partial charge in [0.05, 0.1) is 6.54 Å². The van der Waals surface area contributed by atoms with Gasteiger partial charge in [0.1, 0.15) is 0 Å². The normalized spacial score (nSPS) is 22.7. The molecule has 2 N–H and O–H groups in total. The molecule has 106 valence electrons. The van der Waals surface area contributed by atoms with Crippen molar-refractivity contribution in [3.63, 3.8) is 0 Å². The van der Waals surface area contributed by atoms with Crippen LogP contribution in [0.25, 0.3) is 0 Å². The zero-order valence-corrected chi connectivity index (χ0v) is 12.2. The lowest BCUT2D eigenvalue weighted by Crippen LogP contribution is -2.47. The van der Waals surface area contributed by atoms with E-state index < -0.39 is 0 Å². The maximum Gasteiger partial charge on any atom is 0.234 e. The Kier molecular flexibility index (Phi) is 7.28. The Hall–Kier alpha value is -0.610. The maximum atomic E-state index is 11.7. The van der Waals surface area contributed by atoms with E-state index in [1.165, 1.54) is 12.8 Å². The molecule has 0 aliphatic carbocycles. The summed E-state index contributed by atoms with van der Waals surface area (Å²) in [6.07, 6.45) is 3.49. The highest BCUT2D eigenvalue weighted by atomic mass is 16.2. The number of amides is 1. The Labute approximate surface area is 111 Å². The topological polar surface area (TPSA) is 44.4 Å². The van der Waals surface area contributed by atoms with Gasteiger partial charge in [-0.05, 0) is 45.2 Å². The molecule has 0 aromatic rings. The molecule has 1 heterocycles. The first kappa shape index (κ1) is 15.4. The van der Waals surface area contributed by atoms with Gasteiger partial charge >= 0.3 is 0 Å². The van der Waals surface area contributed by atoms with Crippen molar-refractivity contribution >= 4 is 5.91 Å². The number of carbonyl (C=O) groups excluding carboxylic acids is 1.